The van der Waals surface area contributed by atoms with Crippen LogP contribution >= 0.6 is 12.2 Å². The number of amides is 1. The summed E-state index contributed by atoms with van der Waals surface area (Å²) in [5, 5.41) is 11.8. The molecule has 0 saturated heterocycles. The monoisotopic (exact) mass is 553 g/mol. The third kappa shape index (κ3) is 7.61. The van der Waals surface area contributed by atoms with E-state index in [0.717, 1.165) is 22.5 Å². The zero-order valence-corrected chi connectivity index (χ0v) is 21.5. The average Bonchev–Trinajstić information content (AvgIpc) is 3.39. The Hall–Kier alpha value is -4.78. The number of ether oxygens (including phenoxy) is 1. The number of nitrogens with one attached hydrogen (secondary N) is 2. The first-order valence-electron chi connectivity index (χ1n) is 11.4. The summed E-state index contributed by atoms with van der Waals surface area (Å²) in [5.74, 6) is 0.0640. The van der Waals surface area contributed by atoms with Crippen molar-refractivity contribution in [2.24, 2.45) is 5.10 Å². The first-order valence-corrected chi connectivity index (χ1v) is 11.8. The van der Waals surface area contributed by atoms with Gasteiger partial charge < -0.3 is 15.0 Å². The molecule has 9 nitrogen and oxygen atoms in total. The van der Waals surface area contributed by atoms with Gasteiger partial charge in [0.05, 0.1) is 11.9 Å². The zero-order valence-electron chi connectivity index (χ0n) is 20.7. The smallest absolute Gasteiger partial charge is 0.406 e. The number of thiocarbonyl (C=S) groups is 1. The van der Waals surface area contributed by atoms with E-state index in [2.05, 4.69) is 30.7 Å². The van der Waals surface area contributed by atoms with E-state index in [-0.39, 0.29) is 11.7 Å². The van der Waals surface area contributed by atoms with Gasteiger partial charge in [0.15, 0.2) is 10.9 Å². The maximum atomic E-state index is 12.3. The molecule has 0 aliphatic heterocycles. The number of rotatable bonds is 7. The minimum Gasteiger partial charge on any atom is -0.406 e. The number of hydrogen-bond donors (Lipinski definition) is 2. The largest absolute Gasteiger partial charge is 0.573 e. The van der Waals surface area contributed by atoms with Gasteiger partial charge in [-0.25, -0.2) is 9.67 Å². The predicted octanol–water partition coefficient (Wildman–Crippen LogP) is 5.14. The minimum absolute atomic E-state index is 0.0617. The molecule has 1 heterocycles. The molecule has 13 heteroatoms. The van der Waals surface area contributed by atoms with Crippen molar-refractivity contribution in [3.05, 3.63) is 84.7 Å². The average molecular weight is 554 g/mol. The Kier molecular flexibility index (Phi) is 8.20. The number of carbonyl (C=O) groups excluding carboxylic acids is 1. The van der Waals surface area contributed by atoms with Crippen LogP contribution in [-0.2, 0) is 4.79 Å². The molecule has 0 fully saturated rings. The standard InChI is InChI=1S/C26H22F3N7O2S/c1-17(37)35(2)21-9-7-20(8-10-21)32-25(39)33-31-15-18-3-5-19(6-4-18)24-30-16-36(34-24)22-11-13-23(14-12-22)38-26(27,28)29/h3-16H,1-2H3,(H2,32,33,39). The van der Waals surface area contributed by atoms with Crippen LogP contribution in [0.15, 0.2) is 84.2 Å². The number of nitrogens with zero attached hydrogens (tertiary/aromatic N) is 5. The molecular weight excluding hydrogens is 531 g/mol. The molecule has 0 spiro atoms. The highest BCUT2D eigenvalue weighted by molar-refractivity contribution is 7.80. The number of anilines is 2. The summed E-state index contributed by atoms with van der Waals surface area (Å²) >= 11 is 5.26. The molecule has 0 unspecified atom stereocenters. The Balaban J connectivity index is 1.31. The van der Waals surface area contributed by atoms with E-state index in [9.17, 15) is 18.0 Å². The van der Waals surface area contributed by atoms with Gasteiger partial charge in [-0.1, -0.05) is 24.3 Å². The van der Waals surface area contributed by atoms with Crippen LogP contribution in [0.2, 0.25) is 0 Å². The number of hydrazone groups is 1. The molecule has 0 bridgehead atoms. The molecule has 1 amide bonds. The highest BCUT2D eigenvalue weighted by Crippen LogP contribution is 2.24. The van der Waals surface area contributed by atoms with Crippen LogP contribution in [0.5, 0.6) is 5.75 Å². The van der Waals surface area contributed by atoms with Gasteiger partial charge in [-0.2, -0.15) is 5.10 Å². The number of alkyl halides is 3. The predicted molar refractivity (Wildman–Crippen MR) is 146 cm³/mol. The normalized spacial score (nSPS) is 11.3. The van der Waals surface area contributed by atoms with Crippen LogP contribution in [0.1, 0.15) is 12.5 Å². The van der Waals surface area contributed by atoms with Gasteiger partial charge in [-0.15, -0.1) is 18.3 Å². The molecule has 0 atom stereocenters. The van der Waals surface area contributed by atoms with Crippen molar-refractivity contribution in [2.75, 3.05) is 17.3 Å². The number of carbonyl (C=O) groups is 1. The topological polar surface area (TPSA) is 96.7 Å². The first kappa shape index (κ1) is 27.3. The van der Waals surface area contributed by atoms with Crippen LogP contribution in [0.3, 0.4) is 0 Å². The van der Waals surface area contributed by atoms with E-state index in [0.29, 0.717) is 16.6 Å². The third-order valence-corrected chi connectivity index (χ3v) is 5.55. The fourth-order valence-electron chi connectivity index (χ4n) is 3.31. The van der Waals surface area contributed by atoms with Gasteiger partial charge in [0.25, 0.3) is 0 Å². The third-order valence-electron chi connectivity index (χ3n) is 5.36. The lowest BCUT2D eigenvalue weighted by Crippen LogP contribution is -2.24. The lowest BCUT2D eigenvalue weighted by atomic mass is 10.1. The fourth-order valence-corrected chi connectivity index (χ4v) is 3.48. The van der Waals surface area contributed by atoms with Crippen molar-refractivity contribution in [2.45, 2.75) is 13.3 Å². The summed E-state index contributed by atoms with van der Waals surface area (Å²) < 4.78 is 42.4. The second-order valence-electron chi connectivity index (χ2n) is 8.13. The van der Waals surface area contributed by atoms with Gasteiger partial charge >= 0.3 is 6.36 Å². The molecule has 0 radical (unpaired) electrons. The van der Waals surface area contributed by atoms with Crippen molar-refractivity contribution < 1.29 is 22.7 Å². The lowest BCUT2D eigenvalue weighted by molar-refractivity contribution is -0.274. The van der Waals surface area contributed by atoms with Crippen LogP contribution in [0.25, 0.3) is 17.1 Å². The first-order chi connectivity index (χ1) is 18.6. The molecule has 0 aliphatic carbocycles. The summed E-state index contributed by atoms with van der Waals surface area (Å²) in [5.41, 5.74) is 6.32. The van der Waals surface area contributed by atoms with Crippen LogP contribution in [0.4, 0.5) is 24.5 Å². The van der Waals surface area contributed by atoms with E-state index in [1.165, 1.54) is 47.1 Å². The number of aromatic nitrogens is 3. The van der Waals surface area contributed by atoms with Crippen LogP contribution in [-0.4, -0.2) is 45.4 Å². The highest BCUT2D eigenvalue weighted by atomic mass is 32.1. The molecule has 4 aromatic rings. The second-order valence-corrected chi connectivity index (χ2v) is 8.53. The molecule has 39 heavy (non-hydrogen) atoms. The van der Waals surface area contributed by atoms with Crippen molar-refractivity contribution >= 4 is 40.8 Å². The Morgan fingerprint density at radius 3 is 2.33 bits per heavy atom. The number of halogens is 3. The molecule has 200 valence electrons. The Morgan fingerprint density at radius 1 is 1.05 bits per heavy atom. The van der Waals surface area contributed by atoms with E-state index in [4.69, 9.17) is 12.2 Å². The summed E-state index contributed by atoms with van der Waals surface area (Å²) in [6.07, 6.45) is -1.68. The Morgan fingerprint density at radius 2 is 1.72 bits per heavy atom. The van der Waals surface area contributed by atoms with E-state index in [1.54, 1.807) is 37.5 Å². The van der Waals surface area contributed by atoms with Gasteiger partial charge in [-0.3, -0.25) is 10.2 Å². The van der Waals surface area contributed by atoms with Crippen molar-refractivity contribution in [1.82, 2.24) is 20.2 Å². The molecule has 4 rings (SSSR count). The van der Waals surface area contributed by atoms with Crippen LogP contribution in [0, 0.1) is 0 Å². The van der Waals surface area contributed by atoms with Crippen molar-refractivity contribution in [3.8, 4) is 22.8 Å². The van der Waals surface area contributed by atoms with Crippen molar-refractivity contribution in [1.29, 1.82) is 0 Å². The molecule has 0 saturated carbocycles. The summed E-state index contributed by atoms with van der Waals surface area (Å²) in [7, 11) is 1.70. The summed E-state index contributed by atoms with van der Waals surface area (Å²) in [4.78, 5) is 17.3. The lowest BCUT2D eigenvalue weighted by Gasteiger charge is -2.15. The molecule has 1 aromatic heterocycles. The highest BCUT2D eigenvalue weighted by Gasteiger charge is 2.31. The quantitative estimate of drug-likeness (QED) is 0.186. The van der Waals surface area contributed by atoms with Crippen molar-refractivity contribution in [3.63, 3.8) is 0 Å². The van der Waals surface area contributed by atoms with Gasteiger partial charge in [0.2, 0.25) is 5.91 Å². The molecule has 0 aliphatic rings. The van der Waals surface area contributed by atoms with Crippen LogP contribution < -0.4 is 20.4 Å². The minimum atomic E-state index is -4.75. The maximum Gasteiger partial charge on any atom is 0.573 e. The zero-order chi connectivity index (χ0) is 28.0. The summed E-state index contributed by atoms with van der Waals surface area (Å²) in [6, 6.07) is 19.8. The summed E-state index contributed by atoms with van der Waals surface area (Å²) in [6.45, 7) is 1.49. The molecule has 2 N–H and O–H groups in total. The fraction of sp³-hybridized carbons (Fsp3) is 0.115. The van der Waals surface area contributed by atoms with Gasteiger partial charge in [0.1, 0.15) is 12.1 Å². The van der Waals surface area contributed by atoms with E-state index in [1.807, 2.05) is 24.3 Å². The number of benzene rings is 3. The van der Waals surface area contributed by atoms with Gasteiger partial charge in [0, 0.05) is 30.9 Å². The Labute approximate surface area is 226 Å². The molecule has 3 aromatic carbocycles. The SMILES string of the molecule is CC(=O)N(C)c1ccc(NC(=S)NN=Cc2ccc(-c3ncn(-c4ccc(OC(F)(F)F)cc4)n3)cc2)cc1. The number of hydrogen-bond acceptors (Lipinski definition) is 6. The molecular formula is C26H22F3N7O2S. The maximum absolute atomic E-state index is 12.3. The van der Waals surface area contributed by atoms with Gasteiger partial charge in [-0.05, 0) is 66.3 Å². The van der Waals surface area contributed by atoms with E-state index >= 15 is 0 Å². The second kappa shape index (κ2) is 11.7. The Bertz CT molecular complexity index is 1470. The van der Waals surface area contributed by atoms with E-state index < -0.39 is 6.36 Å².